The Kier molecular flexibility index (Phi) is 7.97. The first-order chi connectivity index (χ1) is 14.1. The number of hydrogen-bond acceptors (Lipinski definition) is 5. The molecule has 2 aromatic rings. The highest BCUT2D eigenvalue weighted by Crippen LogP contribution is 2.10. The van der Waals surface area contributed by atoms with Crippen molar-refractivity contribution in [3.05, 3.63) is 54.1 Å². The highest BCUT2D eigenvalue weighted by Gasteiger charge is 2.28. The first-order valence-corrected chi connectivity index (χ1v) is 9.68. The number of rotatable bonds is 9. The van der Waals surface area contributed by atoms with Gasteiger partial charge >= 0.3 is 12.1 Å². The van der Waals surface area contributed by atoms with E-state index in [1.165, 1.54) is 12.5 Å². The van der Waals surface area contributed by atoms with Crippen molar-refractivity contribution in [3.8, 4) is 0 Å². The van der Waals surface area contributed by atoms with Crippen molar-refractivity contribution in [1.82, 2.24) is 20.6 Å². The van der Waals surface area contributed by atoms with Crippen LogP contribution in [0.15, 0.2) is 42.9 Å². The molecule has 2 atom stereocenters. The van der Waals surface area contributed by atoms with Crippen molar-refractivity contribution in [3.63, 3.8) is 0 Å². The maximum Gasteiger partial charge on any atom is 0.408 e. The molecule has 0 radical (unpaired) electrons. The van der Waals surface area contributed by atoms with E-state index in [4.69, 9.17) is 4.74 Å². The molecule has 9 nitrogen and oxygen atoms in total. The molecule has 1 heterocycles. The minimum Gasteiger partial charge on any atom is -0.480 e. The molecule has 30 heavy (non-hydrogen) atoms. The molecule has 4 N–H and O–H groups in total. The van der Waals surface area contributed by atoms with Crippen molar-refractivity contribution in [2.75, 3.05) is 0 Å². The predicted molar refractivity (Wildman–Crippen MR) is 110 cm³/mol. The highest BCUT2D eigenvalue weighted by molar-refractivity contribution is 5.89. The Morgan fingerprint density at radius 3 is 2.40 bits per heavy atom. The van der Waals surface area contributed by atoms with Crippen molar-refractivity contribution in [2.24, 2.45) is 0 Å². The van der Waals surface area contributed by atoms with Crippen molar-refractivity contribution in [1.29, 1.82) is 0 Å². The molecule has 0 aliphatic rings. The Morgan fingerprint density at radius 1 is 1.13 bits per heavy atom. The first kappa shape index (κ1) is 22.9. The molecule has 162 valence electrons. The van der Waals surface area contributed by atoms with Gasteiger partial charge in [0.1, 0.15) is 17.7 Å². The van der Waals surface area contributed by atoms with Gasteiger partial charge in [-0.15, -0.1) is 0 Å². The summed E-state index contributed by atoms with van der Waals surface area (Å²) < 4.78 is 5.25. The minimum absolute atomic E-state index is 0.0406. The van der Waals surface area contributed by atoms with Crippen molar-refractivity contribution >= 4 is 18.0 Å². The monoisotopic (exact) mass is 416 g/mol. The van der Waals surface area contributed by atoms with Gasteiger partial charge in [-0.05, 0) is 39.2 Å². The molecular formula is C21H28N4O5. The van der Waals surface area contributed by atoms with Gasteiger partial charge in [0.05, 0.1) is 6.33 Å². The largest absolute Gasteiger partial charge is 0.480 e. The van der Waals surface area contributed by atoms with Crippen LogP contribution < -0.4 is 10.6 Å². The molecule has 1 aromatic heterocycles. The SMILES string of the molecule is CC(C)(C)OC(=O)NC(CCc1ccccc1)C(=O)NC(Cc1cnc[nH]1)C(=O)O. The topological polar surface area (TPSA) is 133 Å². The molecule has 9 heteroatoms. The number of carboxylic acid groups (broad SMARTS) is 1. The van der Waals surface area contributed by atoms with Crippen LogP contribution in [-0.2, 0) is 27.2 Å². The van der Waals surface area contributed by atoms with Crippen LogP contribution in [-0.4, -0.2) is 50.7 Å². The number of amides is 2. The molecule has 0 aliphatic heterocycles. The number of H-pyrrole nitrogens is 1. The van der Waals surface area contributed by atoms with Crippen LogP contribution in [0.2, 0.25) is 0 Å². The molecule has 0 saturated heterocycles. The van der Waals surface area contributed by atoms with Gasteiger partial charge in [-0.3, -0.25) is 4.79 Å². The number of ether oxygens (including phenoxy) is 1. The summed E-state index contributed by atoms with van der Waals surface area (Å²) in [6.07, 6.45) is 3.03. The van der Waals surface area contributed by atoms with Crippen molar-refractivity contribution in [2.45, 2.75) is 57.7 Å². The van der Waals surface area contributed by atoms with Crippen LogP contribution in [0, 0.1) is 0 Å². The lowest BCUT2D eigenvalue weighted by Crippen LogP contribution is -2.53. The number of aromatic amines is 1. The summed E-state index contributed by atoms with van der Waals surface area (Å²) in [6, 6.07) is 7.37. The minimum atomic E-state index is -1.18. The van der Waals surface area contributed by atoms with Gasteiger partial charge in [-0.25, -0.2) is 14.6 Å². The Hall–Kier alpha value is -3.36. The van der Waals surface area contributed by atoms with Gasteiger partial charge in [0.2, 0.25) is 5.91 Å². The lowest BCUT2D eigenvalue weighted by atomic mass is 10.0. The summed E-state index contributed by atoms with van der Waals surface area (Å²) in [6.45, 7) is 5.16. The fourth-order valence-electron chi connectivity index (χ4n) is 2.76. The zero-order valence-electron chi connectivity index (χ0n) is 17.3. The van der Waals surface area contributed by atoms with Crippen LogP contribution in [0.4, 0.5) is 4.79 Å². The Labute approximate surface area is 175 Å². The fraction of sp³-hybridized carbons (Fsp3) is 0.429. The number of carbonyl (C=O) groups excluding carboxylic acids is 2. The lowest BCUT2D eigenvalue weighted by molar-refractivity contribution is -0.142. The Morgan fingerprint density at radius 2 is 1.83 bits per heavy atom. The van der Waals surface area contributed by atoms with E-state index >= 15 is 0 Å². The van der Waals surface area contributed by atoms with Gasteiger partial charge in [0, 0.05) is 18.3 Å². The molecule has 0 fully saturated rings. The Balaban J connectivity index is 2.08. The van der Waals surface area contributed by atoms with Crippen LogP contribution in [0.1, 0.15) is 38.4 Å². The van der Waals surface area contributed by atoms with Gasteiger partial charge in [-0.2, -0.15) is 0 Å². The quantitative estimate of drug-likeness (QED) is 0.494. The molecule has 1 aromatic carbocycles. The summed E-state index contributed by atoms with van der Waals surface area (Å²) in [5.74, 6) is -1.78. The summed E-state index contributed by atoms with van der Waals surface area (Å²) in [4.78, 5) is 43.3. The summed E-state index contributed by atoms with van der Waals surface area (Å²) in [7, 11) is 0. The number of aromatic nitrogens is 2. The number of aryl methyl sites for hydroxylation is 1. The molecule has 2 amide bonds. The van der Waals surface area contributed by atoms with E-state index in [9.17, 15) is 19.5 Å². The zero-order valence-corrected chi connectivity index (χ0v) is 17.3. The number of carbonyl (C=O) groups is 3. The lowest BCUT2D eigenvalue weighted by Gasteiger charge is -2.24. The average Bonchev–Trinajstić information content (AvgIpc) is 3.17. The standard InChI is InChI=1S/C21H28N4O5/c1-21(2,3)30-20(29)25-16(10-9-14-7-5-4-6-8-14)18(26)24-17(19(27)28)11-15-12-22-13-23-15/h4-8,12-13,16-17H,9-11H2,1-3H3,(H,22,23)(H,24,26)(H,25,29)(H,27,28). The predicted octanol–water partition coefficient (Wildman–Crippen LogP) is 2.05. The summed E-state index contributed by atoms with van der Waals surface area (Å²) in [5.41, 5.74) is 0.839. The molecule has 0 bridgehead atoms. The number of hydrogen-bond donors (Lipinski definition) is 4. The van der Waals surface area contributed by atoms with Gasteiger partial charge < -0.3 is 25.5 Å². The van der Waals surface area contributed by atoms with E-state index in [0.717, 1.165) is 5.56 Å². The van der Waals surface area contributed by atoms with Crippen LogP contribution in [0.25, 0.3) is 0 Å². The number of alkyl carbamates (subject to hydrolysis) is 1. The molecule has 2 rings (SSSR count). The van der Waals surface area contributed by atoms with Crippen molar-refractivity contribution < 1.29 is 24.2 Å². The van der Waals surface area contributed by atoms with Gasteiger partial charge in [0.25, 0.3) is 0 Å². The third-order valence-corrected chi connectivity index (χ3v) is 4.17. The average molecular weight is 416 g/mol. The number of carboxylic acids is 1. The normalized spacial score (nSPS) is 13.2. The third-order valence-electron chi connectivity index (χ3n) is 4.17. The highest BCUT2D eigenvalue weighted by atomic mass is 16.6. The number of nitrogens with one attached hydrogen (secondary N) is 3. The maximum atomic E-state index is 12.8. The second-order valence-electron chi connectivity index (χ2n) is 7.90. The molecule has 2 unspecified atom stereocenters. The molecule has 0 spiro atoms. The maximum absolute atomic E-state index is 12.8. The van der Waals surface area contributed by atoms with Crippen LogP contribution >= 0.6 is 0 Å². The fourth-order valence-corrected chi connectivity index (χ4v) is 2.76. The number of nitrogens with zero attached hydrogens (tertiary/aromatic N) is 1. The third kappa shape index (κ3) is 7.94. The van der Waals surface area contributed by atoms with Gasteiger partial charge in [-0.1, -0.05) is 30.3 Å². The van der Waals surface area contributed by atoms with E-state index in [0.29, 0.717) is 12.1 Å². The number of aliphatic carboxylic acids is 1. The molecular weight excluding hydrogens is 388 g/mol. The van der Waals surface area contributed by atoms with Crippen LogP contribution in [0.5, 0.6) is 0 Å². The van der Waals surface area contributed by atoms with E-state index < -0.39 is 35.7 Å². The van der Waals surface area contributed by atoms with Gasteiger partial charge in [0.15, 0.2) is 0 Å². The summed E-state index contributed by atoms with van der Waals surface area (Å²) >= 11 is 0. The smallest absolute Gasteiger partial charge is 0.408 e. The zero-order chi connectivity index (χ0) is 22.1. The van der Waals surface area contributed by atoms with E-state index in [2.05, 4.69) is 20.6 Å². The first-order valence-electron chi connectivity index (χ1n) is 9.68. The second kappa shape index (κ2) is 10.4. The number of imidazole rings is 1. The molecule has 0 aliphatic carbocycles. The van der Waals surface area contributed by atoms with E-state index in [-0.39, 0.29) is 12.8 Å². The van der Waals surface area contributed by atoms with E-state index in [1.54, 1.807) is 20.8 Å². The van der Waals surface area contributed by atoms with Crippen LogP contribution in [0.3, 0.4) is 0 Å². The molecule has 0 saturated carbocycles. The second-order valence-corrected chi connectivity index (χ2v) is 7.90. The van der Waals surface area contributed by atoms with E-state index in [1.807, 2.05) is 30.3 Å². The Bertz CT molecular complexity index is 831. The summed E-state index contributed by atoms with van der Waals surface area (Å²) in [5, 5.41) is 14.5. The number of benzene rings is 1.